The van der Waals surface area contributed by atoms with Crippen molar-refractivity contribution < 1.29 is 28.9 Å². The van der Waals surface area contributed by atoms with Crippen LogP contribution in [0.5, 0.6) is 0 Å². The number of epoxide rings is 1. The van der Waals surface area contributed by atoms with Crippen LogP contribution in [0.3, 0.4) is 0 Å². The number of carbonyl (C=O) groups excluding carboxylic acids is 2. The molecule has 1 N–H and O–H groups in total. The van der Waals surface area contributed by atoms with Gasteiger partial charge in [-0.1, -0.05) is 25.7 Å². The lowest BCUT2D eigenvalue weighted by molar-refractivity contribution is -0.181. The van der Waals surface area contributed by atoms with Gasteiger partial charge in [0.1, 0.15) is 12.2 Å². The van der Waals surface area contributed by atoms with Crippen molar-refractivity contribution in [2.24, 2.45) is 17.3 Å². The molecule has 2 heterocycles. The van der Waals surface area contributed by atoms with Gasteiger partial charge in [-0.3, -0.25) is 0 Å². The molecule has 26 heavy (non-hydrogen) atoms. The summed E-state index contributed by atoms with van der Waals surface area (Å²) in [4.78, 5) is 24.8. The Balaban J connectivity index is 1.68. The Morgan fingerprint density at radius 3 is 2.62 bits per heavy atom. The molecule has 8 atom stereocenters. The minimum Gasteiger partial charge on any atom is -0.459 e. The van der Waals surface area contributed by atoms with E-state index in [0.29, 0.717) is 24.8 Å². The lowest BCUT2D eigenvalue weighted by Crippen LogP contribution is -2.58. The van der Waals surface area contributed by atoms with Gasteiger partial charge in [0.25, 0.3) is 0 Å². The zero-order valence-electron chi connectivity index (χ0n) is 15.5. The average molecular weight is 362 g/mol. The second-order valence-corrected chi connectivity index (χ2v) is 8.63. The molecule has 0 radical (unpaired) electrons. The van der Waals surface area contributed by atoms with Crippen LogP contribution in [0.2, 0.25) is 0 Å². The number of rotatable bonds is 2. The maximum absolute atomic E-state index is 12.6. The van der Waals surface area contributed by atoms with Crippen molar-refractivity contribution in [2.45, 2.75) is 70.1 Å². The van der Waals surface area contributed by atoms with Gasteiger partial charge in [-0.25, -0.2) is 9.59 Å². The molecule has 2 saturated carbocycles. The fourth-order valence-electron chi connectivity index (χ4n) is 5.15. The van der Waals surface area contributed by atoms with Crippen LogP contribution < -0.4 is 0 Å². The maximum atomic E-state index is 12.6. The molecule has 0 aromatic carbocycles. The van der Waals surface area contributed by atoms with Crippen molar-refractivity contribution in [3.8, 4) is 0 Å². The molecule has 4 aliphatic rings. The first-order valence-corrected chi connectivity index (χ1v) is 9.24. The Hall–Kier alpha value is -1.66. The Labute approximate surface area is 153 Å². The Morgan fingerprint density at radius 1 is 1.35 bits per heavy atom. The smallest absolute Gasteiger partial charge is 0.341 e. The topological polar surface area (TPSA) is 85.4 Å². The third-order valence-electron chi connectivity index (χ3n) is 7.09. The number of carbonyl (C=O) groups is 2. The van der Waals surface area contributed by atoms with Gasteiger partial charge >= 0.3 is 11.9 Å². The van der Waals surface area contributed by atoms with Gasteiger partial charge < -0.3 is 19.3 Å². The summed E-state index contributed by atoms with van der Waals surface area (Å²) in [7, 11) is 0. The van der Waals surface area contributed by atoms with E-state index in [1.165, 1.54) is 0 Å². The van der Waals surface area contributed by atoms with Crippen molar-refractivity contribution in [2.75, 3.05) is 0 Å². The minimum atomic E-state index is -0.938. The molecular weight excluding hydrogens is 336 g/mol. The predicted octanol–water partition coefficient (Wildman–Crippen LogP) is 1.91. The Bertz CT molecular complexity index is 713. The summed E-state index contributed by atoms with van der Waals surface area (Å²) in [5.41, 5.74) is -0.195. The van der Waals surface area contributed by atoms with Gasteiger partial charge in [-0.2, -0.15) is 0 Å². The number of aliphatic hydroxyl groups excluding tert-OH is 1. The quantitative estimate of drug-likeness (QED) is 0.350. The normalized spacial score (nSPS) is 49.9. The largest absolute Gasteiger partial charge is 0.459 e. The molecule has 0 unspecified atom stereocenters. The van der Waals surface area contributed by atoms with Gasteiger partial charge in [0.2, 0.25) is 0 Å². The van der Waals surface area contributed by atoms with Gasteiger partial charge in [0.15, 0.2) is 5.60 Å². The average Bonchev–Trinajstić information content (AvgIpc) is 3.07. The van der Waals surface area contributed by atoms with Crippen LogP contribution in [0.15, 0.2) is 24.3 Å². The number of esters is 2. The molecule has 142 valence electrons. The summed E-state index contributed by atoms with van der Waals surface area (Å²) in [5, 5.41) is 10.7. The van der Waals surface area contributed by atoms with E-state index in [0.717, 1.165) is 5.57 Å². The summed E-state index contributed by atoms with van der Waals surface area (Å²) in [5.74, 6) is -1.47. The van der Waals surface area contributed by atoms with Crippen molar-refractivity contribution in [1.82, 2.24) is 0 Å². The van der Waals surface area contributed by atoms with Gasteiger partial charge in [-0.15, -0.1) is 0 Å². The molecule has 0 spiro atoms. The van der Waals surface area contributed by atoms with E-state index < -0.39 is 47.2 Å². The SMILES string of the molecule is C=C1C(=O)O[C@H]2[C@H]1[C@H](OC(=O)[C@]1(C)O[C@H]1C)C[C@@]1(C)[C@H](O)CCC(=C)[C@H]21. The first-order chi connectivity index (χ1) is 12.1. The van der Waals surface area contributed by atoms with Crippen molar-refractivity contribution in [3.63, 3.8) is 0 Å². The Kier molecular flexibility index (Phi) is 3.70. The molecule has 0 bridgehead atoms. The monoisotopic (exact) mass is 362 g/mol. The van der Waals surface area contributed by atoms with Crippen LogP contribution in [0.1, 0.15) is 40.0 Å². The van der Waals surface area contributed by atoms with Crippen molar-refractivity contribution >= 4 is 11.9 Å². The van der Waals surface area contributed by atoms with E-state index in [1.54, 1.807) is 6.92 Å². The number of hydrogen-bond donors (Lipinski definition) is 1. The molecular formula is C20H26O6. The number of ether oxygens (including phenoxy) is 3. The van der Waals surface area contributed by atoms with Crippen LogP contribution in [-0.4, -0.2) is 47.1 Å². The lowest BCUT2D eigenvalue weighted by atomic mass is 9.53. The summed E-state index contributed by atoms with van der Waals surface area (Å²) in [6.45, 7) is 13.5. The molecule has 0 amide bonds. The maximum Gasteiger partial charge on any atom is 0.341 e. The highest BCUT2D eigenvalue weighted by molar-refractivity contribution is 5.91. The van der Waals surface area contributed by atoms with Crippen LogP contribution in [0.4, 0.5) is 0 Å². The van der Waals surface area contributed by atoms with E-state index in [-0.39, 0.29) is 12.0 Å². The van der Waals surface area contributed by atoms with Gasteiger partial charge in [0.05, 0.1) is 18.1 Å². The van der Waals surface area contributed by atoms with E-state index in [1.807, 2.05) is 13.8 Å². The summed E-state index contributed by atoms with van der Waals surface area (Å²) in [6.07, 6.45) is -0.105. The molecule has 0 aromatic heterocycles. The van der Waals surface area contributed by atoms with E-state index in [9.17, 15) is 14.7 Å². The standard InChI is InChI=1S/C20H26O6/c1-9-6-7-13(21)19(4)8-12(24-18(23)20(5)11(3)26-20)14-10(2)17(22)25-16(14)15(9)19/h11-16,21H,1-2,6-8H2,3-5H3/t11-,12+,13+,14+,15+,16-,19-,20+/m0/s1. The fraction of sp³-hybridized carbons (Fsp3) is 0.700. The number of hydrogen-bond acceptors (Lipinski definition) is 6. The summed E-state index contributed by atoms with van der Waals surface area (Å²) < 4.78 is 16.8. The summed E-state index contributed by atoms with van der Waals surface area (Å²) >= 11 is 0. The molecule has 2 aliphatic heterocycles. The summed E-state index contributed by atoms with van der Waals surface area (Å²) in [6, 6.07) is 0. The second-order valence-electron chi connectivity index (χ2n) is 8.63. The van der Waals surface area contributed by atoms with E-state index in [2.05, 4.69) is 13.2 Å². The highest BCUT2D eigenvalue weighted by Crippen LogP contribution is 2.58. The number of fused-ring (bicyclic) bond motifs is 3. The van der Waals surface area contributed by atoms with Crippen LogP contribution in [0.25, 0.3) is 0 Å². The number of aliphatic hydroxyl groups is 1. The zero-order valence-corrected chi connectivity index (χ0v) is 15.5. The molecule has 2 saturated heterocycles. The third kappa shape index (κ3) is 2.24. The van der Waals surface area contributed by atoms with E-state index >= 15 is 0 Å². The van der Waals surface area contributed by atoms with Crippen molar-refractivity contribution in [1.29, 1.82) is 0 Å². The predicted molar refractivity (Wildman–Crippen MR) is 91.9 cm³/mol. The molecule has 0 aromatic rings. The zero-order chi connectivity index (χ0) is 19.0. The Morgan fingerprint density at radius 2 is 2.00 bits per heavy atom. The van der Waals surface area contributed by atoms with E-state index in [4.69, 9.17) is 14.2 Å². The molecule has 2 aliphatic carbocycles. The van der Waals surface area contributed by atoms with Gasteiger partial charge in [0, 0.05) is 16.9 Å². The molecule has 4 fully saturated rings. The van der Waals surface area contributed by atoms with Gasteiger partial charge in [-0.05, 0) is 33.1 Å². The van der Waals surface area contributed by atoms with Crippen LogP contribution in [-0.2, 0) is 23.8 Å². The highest BCUT2D eigenvalue weighted by Gasteiger charge is 2.64. The van der Waals surface area contributed by atoms with Crippen LogP contribution in [0, 0.1) is 17.3 Å². The molecule has 6 nitrogen and oxygen atoms in total. The van der Waals surface area contributed by atoms with Crippen molar-refractivity contribution in [3.05, 3.63) is 24.3 Å². The molecule has 4 rings (SSSR count). The third-order valence-corrected chi connectivity index (χ3v) is 7.09. The minimum absolute atomic E-state index is 0.166. The lowest BCUT2D eigenvalue weighted by Gasteiger charge is -2.54. The highest BCUT2D eigenvalue weighted by atomic mass is 16.7. The van der Waals surface area contributed by atoms with Crippen LogP contribution >= 0.6 is 0 Å². The fourth-order valence-corrected chi connectivity index (χ4v) is 5.15. The second kappa shape index (κ2) is 5.42. The first-order valence-electron chi connectivity index (χ1n) is 9.24. The molecule has 6 heteroatoms. The first kappa shape index (κ1) is 17.7.